The summed E-state index contributed by atoms with van der Waals surface area (Å²) in [5.41, 5.74) is 0. The summed E-state index contributed by atoms with van der Waals surface area (Å²) in [5, 5.41) is 2.47. The summed E-state index contributed by atoms with van der Waals surface area (Å²) >= 11 is 1.68. The van der Waals surface area contributed by atoms with E-state index >= 15 is 0 Å². The van der Waals surface area contributed by atoms with Gasteiger partial charge in [-0.15, -0.1) is 24.8 Å². The first kappa shape index (κ1) is 13.8. The zero-order chi connectivity index (χ0) is 8.39. The van der Waals surface area contributed by atoms with Gasteiger partial charge in [0.15, 0.2) is 0 Å². The van der Waals surface area contributed by atoms with Crippen LogP contribution in [0.15, 0.2) is 42.5 Å². The first-order chi connectivity index (χ1) is 5.90. The second-order valence-corrected chi connectivity index (χ2v) is 2.93. The monoisotopic (exact) mass is 263 g/mol. The van der Waals surface area contributed by atoms with Crippen LogP contribution in [0.3, 0.4) is 0 Å². The van der Waals surface area contributed by atoms with Gasteiger partial charge in [-0.05, 0) is 0 Å². The summed E-state index contributed by atoms with van der Waals surface area (Å²) in [4.78, 5) is 0. The topological polar surface area (TPSA) is 9.23 Å². The van der Waals surface area contributed by atoms with E-state index in [0.717, 1.165) is 5.75 Å². The molecule has 0 fully saturated rings. The van der Waals surface area contributed by atoms with Crippen molar-refractivity contribution < 1.29 is 24.1 Å². The third-order valence-corrected chi connectivity index (χ3v) is 2.21. The molecule has 0 saturated carbocycles. The van der Waals surface area contributed by atoms with Gasteiger partial charge in [0.2, 0.25) is 0 Å². The molecule has 0 heterocycles. The molecule has 2 aromatic carbocycles. The molecule has 73 valence electrons. The summed E-state index contributed by atoms with van der Waals surface area (Å²) in [7, 11) is 0. The molecule has 0 spiro atoms. The Hall–Kier alpha value is -0.206. The molecule has 0 aliphatic rings. The van der Waals surface area contributed by atoms with Crippen molar-refractivity contribution in [2.24, 2.45) is 0 Å². The van der Waals surface area contributed by atoms with Gasteiger partial charge in [0.05, 0.1) is 0 Å². The summed E-state index contributed by atoms with van der Waals surface area (Å²) < 4.78 is 5.12. The molecule has 0 aliphatic carbocycles. The van der Waals surface area contributed by atoms with Crippen molar-refractivity contribution in [3.05, 3.63) is 42.5 Å². The van der Waals surface area contributed by atoms with E-state index in [0.29, 0.717) is 0 Å². The van der Waals surface area contributed by atoms with E-state index in [-0.39, 0.29) is 24.8 Å². The van der Waals surface area contributed by atoms with E-state index in [2.05, 4.69) is 18.2 Å². The van der Waals surface area contributed by atoms with Gasteiger partial charge in [0.25, 0.3) is 0 Å². The van der Waals surface area contributed by atoms with Crippen LogP contribution in [0.1, 0.15) is 0 Å². The first-order valence-electron chi connectivity index (χ1n) is 3.72. The van der Waals surface area contributed by atoms with Gasteiger partial charge in [-0.1, -0.05) is 0 Å². The Morgan fingerprint density at radius 3 is 2.14 bits per heavy atom. The van der Waals surface area contributed by atoms with Crippen molar-refractivity contribution in [2.75, 3.05) is 0 Å². The quantitative estimate of drug-likeness (QED) is 0.716. The van der Waals surface area contributed by atoms with Gasteiger partial charge in [-0.25, -0.2) is 0 Å². The Kier molecular flexibility index (Phi) is 6.22. The van der Waals surface area contributed by atoms with Gasteiger partial charge in [0, 0.05) is 0 Å². The van der Waals surface area contributed by atoms with Crippen molar-refractivity contribution in [3.8, 4) is 5.75 Å². The molecule has 0 atom stereocenters. The van der Waals surface area contributed by atoms with Crippen LogP contribution < -0.4 is 3.32 Å². The molecule has 4 heteroatoms. The average Bonchev–Trinajstić information content (AvgIpc) is 2.17. The fourth-order valence-electron chi connectivity index (χ4n) is 1.23. The number of fused-ring (bicyclic) bond motifs is 1. The predicted molar refractivity (Wildman–Crippen MR) is 59.1 cm³/mol. The Bertz CT molecular complexity index is 406. The predicted octanol–water partition coefficient (Wildman–Crippen LogP) is 3.52. The maximum atomic E-state index is 5.12. The summed E-state index contributed by atoms with van der Waals surface area (Å²) in [5.74, 6) is 0.911. The molecule has 1 nitrogen and oxygen atoms in total. The van der Waals surface area contributed by atoms with Crippen molar-refractivity contribution in [1.82, 2.24) is 0 Å². The minimum absolute atomic E-state index is 0. The Labute approximate surface area is 108 Å². The molecular weight excluding hydrogens is 255 g/mol. The Morgan fingerprint density at radius 2 is 1.50 bits per heavy atom. The molecule has 0 N–H and O–H groups in total. The van der Waals surface area contributed by atoms with Crippen LogP contribution in [0.4, 0.5) is 0 Å². The van der Waals surface area contributed by atoms with Crippen LogP contribution in [0.2, 0.25) is 0 Å². The van der Waals surface area contributed by atoms with E-state index < -0.39 is 0 Å². The zero-order valence-corrected chi connectivity index (χ0v) is 10.5. The van der Waals surface area contributed by atoms with Gasteiger partial charge < -0.3 is 0 Å². The second-order valence-electron chi connectivity index (χ2n) is 2.61. The molecule has 0 bridgehead atoms. The van der Waals surface area contributed by atoms with Crippen LogP contribution in [-0.2, 0) is 20.8 Å². The van der Waals surface area contributed by atoms with Gasteiger partial charge in [0.1, 0.15) is 0 Å². The van der Waals surface area contributed by atoms with Gasteiger partial charge >= 0.3 is 83.1 Å². The summed E-state index contributed by atoms with van der Waals surface area (Å²) in [6, 6.07) is 14.3. The Morgan fingerprint density at radius 1 is 0.857 bits per heavy atom. The average molecular weight is 264 g/mol. The van der Waals surface area contributed by atoms with Gasteiger partial charge in [-0.3, -0.25) is 0 Å². The summed E-state index contributed by atoms with van der Waals surface area (Å²) in [6.45, 7) is 0. The number of hydrogen-bond acceptors (Lipinski definition) is 1. The van der Waals surface area contributed by atoms with Crippen LogP contribution in [0.25, 0.3) is 10.8 Å². The van der Waals surface area contributed by atoms with E-state index in [4.69, 9.17) is 3.32 Å². The number of benzene rings is 2. The molecule has 0 amide bonds. The Balaban J connectivity index is 0.000000845. The van der Waals surface area contributed by atoms with E-state index in [1.807, 2.05) is 24.3 Å². The SMILES string of the molecule is Cl.Cl.[Ti][O]c1ccc2ccccc2c1. The molecular formula is C10H9Cl2OTi. The molecule has 14 heavy (non-hydrogen) atoms. The number of rotatable bonds is 1. The van der Waals surface area contributed by atoms with E-state index in [1.54, 1.807) is 20.8 Å². The second kappa shape index (κ2) is 6.31. The van der Waals surface area contributed by atoms with Crippen molar-refractivity contribution in [3.63, 3.8) is 0 Å². The fraction of sp³-hybridized carbons (Fsp3) is 0. The molecule has 0 aliphatic heterocycles. The number of halogens is 2. The van der Waals surface area contributed by atoms with Crippen LogP contribution in [-0.4, -0.2) is 0 Å². The molecule has 0 aromatic heterocycles. The van der Waals surface area contributed by atoms with Crippen molar-refractivity contribution in [2.45, 2.75) is 0 Å². The van der Waals surface area contributed by atoms with E-state index in [9.17, 15) is 0 Å². The molecule has 2 rings (SSSR count). The third-order valence-electron chi connectivity index (χ3n) is 1.84. The fourth-order valence-corrected chi connectivity index (χ4v) is 1.43. The number of hydrogen-bond donors (Lipinski definition) is 0. The normalized spacial score (nSPS) is 8.50. The maximum absolute atomic E-state index is 5.12. The van der Waals surface area contributed by atoms with Crippen molar-refractivity contribution in [1.29, 1.82) is 0 Å². The standard InChI is InChI=1S/C10H8O.2ClH.Ti/c11-10-6-5-8-3-1-2-4-9(8)7-10;;;/h1-7,11H;2*1H;/q;;;+1/p-1. The molecule has 0 unspecified atom stereocenters. The van der Waals surface area contributed by atoms with Gasteiger partial charge in [-0.2, -0.15) is 0 Å². The van der Waals surface area contributed by atoms with Crippen LogP contribution in [0, 0.1) is 0 Å². The molecule has 0 saturated heterocycles. The summed E-state index contributed by atoms with van der Waals surface area (Å²) in [6.07, 6.45) is 0. The van der Waals surface area contributed by atoms with Crippen LogP contribution in [0.5, 0.6) is 5.75 Å². The minimum atomic E-state index is 0. The first-order valence-corrected chi connectivity index (χ1v) is 4.36. The zero-order valence-electron chi connectivity index (χ0n) is 7.27. The van der Waals surface area contributed by atoms with Crippen LogP contribution >= 0.6 is 24.8 Å². The van der Waals surface area contributed by atoms with Crippen molar-refractivity contribution >= 4 is 35.6 Å². The molecule has 0 radical (unpaired) electrons. The molecule has 2 aromatic rings. The third kappa shape index (κ3) is 2.89. The van der Waals surface area contributed by atoms with E-state index in [1.165, 1.54) is 10.8 Å².